The summed E-state index contributed by atoms with van der Waals surface area (Å²) in [5, 5.41) is 3.35. The van der Waals surface area contributed by atoms with Crippen molar-refractivity contribution in [2.45, 2.75) is 38.3 Å². The molecule has 0 aliphatic rings. The molecule has 3 aromatic carbocycles. The second-order valence-electron chi connectivity index (χ2n) is 8.69. The van der Waals surface area contributed by atoms with Crippen LogP contribution in [0.1, 0.15) is 25.0 Å². The highest BCUT2D eigenvalue weighted by atomic mass is 35.5. The monoisotopic (exact) mass is 629 g/mol. The minimum Gasteiger partial charge on any atom is -0.355 e. The van der Waals surface area contributed by atoms with E-state index in [0.717, 1.165) is 9.87 Å². The fourth-order valence-corrected chi connectivity index (χ4v) is 6.18. The molecule has 0 fully saturated rings. The van der Waals surface area contributed by atoms with Crippen LogP contribution in [0.2, 0.25) is 20.1 Å². The summed E-state index contributed by atoms with van der Waals surface area (Å²) in [5.74, 6) is -1.11. The van der Waals surface area contributed by atoms with Crippen LogP contribution in [0.5, 0.6) is 0 Å². The van der Waals surface area contributed by atoms with Crippen LogP contribution in [-0.4, -0.2) is 44.3 Å². The Labute approximate surface area is 248 Å². The number of benzene rings is 3. The number of hydrogen-bond donors (Lipinski definition) is 1. The quantitative estimate of drug-likeness (QED) is 0.283. The number of carbonyl (C=O) groups excluding carboxylic acids is 2. The van der Waals surface area contributed by atoms with E-state index in [-0.39, 0.29) is 27.2 Å². The lowest BCUT2D eigenvalue weighted by molar-refractivity contribution is -0.139. The number of carbonyl (C=O) groups is 2. The molecule has 0 aliphatic heterocycles. The van der Waals surface area contributed by atoms with E-state index in [4.69, 9.17) is 46.4 Å². The number of nitrogens with one attached hydrogen (secondary N) is 1. The van der Waals surface area contributed by atoms with E-state index in [1.54, 1.807) is 44.2 Å². The summed E-state index contributed by atoms with van der Waals surface area (Å²) in [5.41, 5.74) is 1.29. The lowest BCUT2D eigenvalue weighted by atomic mass is 10.1. The van der Waals surface area contributed by atoms with Crippen LogP contribution in [0.15, 0.2) is 65.6 Å². The first-order chi connectivity index (χ1) is 18.4. The van der Waals surface area contributed by atoms with E-state index in [1.165, 1.54) is 35.2 Å². The predicted octanol–water partition coefficient (Wildman–Crippen LogP) is 6.36. The van der Waals surface area contributed by atoms with Crippen molar-refractivity contribution in [3.05, 3.63) is 91.9 Å². The van der Waals surface area contributed by atoms with Crippen LogP contribution in [-0.2, 0) is 26.2 Å². The minimum absolute atomic E-state index is 0.0134. The van der Waals surface area contributed by atoms with Gasteiger partial charge in [0.1, 0.15) is 12.6 Å². The van der Waals surface area contributed by atoms with Gasteiger partial charge in [0.05, 0.1) is 20.6 Å². The number of nitrogens with zero attached hydrogens (tertiary/aromatic N) is 2. The predicted molar refractivity (Wildman–Crippen MR) is 157 cm³/mol. The van der Waals surface area contributed by atoms with Gasteiger partial charge in [0, 0.05) is 28.7 Å². The number of hydrogen-bond acceptors (Lipinski definition) is 4. The van der Waals surface area contributed by atoms with Crippen molar-refractivity contribution in [1.29, 1.82) is 0 Å². The standard InChI is InChI=1S/C27H27Cl4N3O4S/c1-4-32-27(36)18(3)33(15-20-21(28)7-5-8-22(20)29)25(35)16-34(24-10-6-9-23(30)26(24)31)39(37,38)19-13-11-17(2)12-14-19/h5-14,18H,4,15-16H2,1-3H3,(H,32,36). The topological polar surface area (TPSA) is 86.8 Å². The molecule has 0 bridgehead atoms. The van der Waals surface area contributed by atoms with E-state index in [9.17, 15) is 18.0 Å². The third kappa shape index (κ3) is 7.18. The largest absolute Gasteiger partial charge is 0.355 e. The van der Waals surface area contributed by atoms with Crippen molar-refractivity contribution >= 4 is 73.9 Å². The highest BCUT2D eigenvalue weighted by Gasteiger charge is 2.34. The number of anilines is 1. The third-order valence-corrected chi connectivity index (χ3v) is 9.29. The summed E-state index contributed by atoms with van der Waals surface area (Å²) in [4.78, 5) is 27.9. The van der Waals surface area contributed by atoms with E-state index in [1.807, 2.05) is 6.92 Å². The molecule has 0 aromatic heterocycles. The average Bonchev–Trinajstić information content (AvgIpc) is 2.89. The van der Waals surface area contributed by atoms with Crippen LogP contribution in [0, 0.1) is 6.92 Å². The first-order valence-corrected chi connectivity index (χ1v) is 14.9. The Bertz CT molecular complexity index is 1450. The summed E-state index contributed by atoms with van der Waals surface area (Å²) in [7, 11) is -4.29. The molecular weight excluding hydrogens is 604 g/mol. The molecule has 1 unspecified atom stereocenters. The fourth-order valence-electron chi connectivity index (χ4n) is 3.79. The Hall–Kier alpha value is -2.49. The average molecular weight is 631 g/mol. The van der Waals surface area contributed by atoms with Crippen LogP contribution in [0.4, 0.5) is 5.69 Å². The Morgan fingerprint density at radius 2 is 1.46 bits per heavy atom. The van der Waals surface area contributed by atoms with E-state index < -0.39 is 34.4 Å². The molecule has 0 aliphatic carbocycles. The van der Waals surface area contributed by atoms with Crippen LogP contribution in [0.3, 0.4) is 0 Å². The Morgan fingerprint density at radius 1 is 0.897 bits per heavy atom. The van der Waals surface area contributed by atoms with Crippen molar-refractivity contribution in [1.82, 2.24) is 10.2 Å². The van der Waals surface area contributed by atoms with Gasteiger partial charge in [-0.2, -0.15) is 0 Å². The molecule has 2 amide bonds. The van der Waals surface area contributed by atoms with Gasteiger partial charge in [-0.25, -0.2) is 8.42 Å². The highest BCUT2D eigenvalue weighted by molar-refractivity contribution is 7.92. The molecule has 3 rings (SSSR count). The fraction of sp³-hybridized carbons (Fsp3) is 0.259. The lowest BCUT2D eigenvalue weighted by Crippen LogP contribution is -2.51. The van der Waals surface area contributed by atoms with Crippen LogP contribution < -0.4 is 9.62 Å². The maximum Gasteiger partial charge on any atom is 0.264 e. The van der Waals surface area contributed by atoms with Gasteiger partial charge < -0.3 is 10.2 Å². The number of rotatable bonds is 10. The van der Waals surface area contributed by atoms with Crippen molar-refractivity contribution in [2.75, 3.05) is 17.4 Å². The van der Waals surface area contributed by atoms with E-state index >= 15 is 0 Å². The molecule has 1 atom stereocenters. The lowest BCUT2D eigenvalue weighted by Gasteiger charge is -2.32. The van der Waals surface area contributed by atoms with Crippen LogP contribution >= 0.6 is 46.4 Å². The van der Waals surface area contributed by atoms with Crippen molar-refractivity contribution in [3.63, 3.8) is 0 Å². The first kappa shape index (κ1) is 31.0. The zero-order chi connectivity index (χ0) is 28.9. The number of amides is 2. The summed E-state index contributed by atoms with van der Waals surface area (Å²) in [6, 6.07) is 14.6. The molecular formula is C27H27Cl4N3O4S. The Morgan fingerprint density at radius 3 is 2.05 bits per heavy atom. The molecule has 208 valence electrons. The molecule has 0 saturated carbocycles. The summed E-state index contributed by atoms with van der Waals surface area (Å²) in [6.07, 6.45) is 0. The normalized spacial score (nSPS) is 12.1. The van der Waals surface area contributed by atoms with E-state index in [0.29, 0.717) is 22.2 Å². The number of halogens is 4. The summed E-state index contributed by atoms with van der Waals surface area (Å²) in [6.45, 7) is 4.63. The van der Waals surface area contributed by atoms with Gasteiger partial charge in [0.25, 0.3) is 10.0 Å². The Kier molecular flexibility index (Phi) is 10.5. The van der Waals surface area contributed by atoms with Crippen molar-refractivity contribution < 1.29 is 18.0 Å². The van der Waals surface area contributed by atoms with Gasteiger partial charge in [-0.15, -0.1) is 0 Å². The molecule has 39 heavy (non-hydrogen) atoms. The van der Waals surface area contributed by atoms with Gasteiger partial charge in [0.15, 0.2) is 0 Å². The maximum absolute atomic E-state index is 13.9. The zero-order valence-corrected chi connectivity index (χ0v) is 25.3. The van der Waals surface area contributed by atoms with Gasteiger partial charge in [-0.3, -0.25) is 13.9 Å². The summed E-state index contributed by atoms with van der Waals surface area (Å²) < 4.78 is 28.6. The molecule has 7 nitrogen and oxygen atoms in total. The summed E-state index contributed by atoms with van der Waals surface area (Å²) >= 11 is 25.4. The Balaban J connectivity index is 2.11. The molecule has 0 radical (unpaired) electrons. The zero-order valence-electron chi connectivity index (χ0n) is 21.4. The molecule has 0 spiro atoms. The van der Waals surface area contributed by atoms with Crippen molar-refractivity contribution in [2.24, 2.45) is 0 Å². The highest BCUT2D eigenvalue weighted by Crippen LogP contribution is 2.36. The SMILES string of the molecule is CCNC(=O)C(C)N(Cc1c(Cl)cccc1Cl)C(=O)CN(c1cccc(Cl)c1Cl)S(=O)(=O)c1ccc(C)cc1. The number of likely N-dealkylation sites (N-methyl/N-ethyl adjacent to an activating group) is 1. The second-order valence-corrected chi connectivity index (χ2v) is 12.2. The van der Waals surface area contributed by atoms with Crippen LogP contribution in [0.25, 0.3) is 0 Å². The third-order valence-electron chi connectivity index (χ3n) is 6.00. The number of sulfonamides is 1. The second kappa shape index (κ2) is 13.2. The van der Waals surface area contributed by atoms with Crippen molar-refractivity contribution in [3.8, 4) is 0 Å². The molecule has 0 heterocycles. The van der Waals surface area contributed by atoms with Gasteiger partial charge in [0.2, 0.25) is 11.8 Å². The molecule has 12 heteroatoms. The van der Waals surface area contributed by atoms with Gasteiger partial charge >= 0.3 is 0 Å². The number of aryl methyl sites for hydroxylation is 1. The molecule has 1 N–H and O–H groups in total. The maximum atomic E-state index is 13.9. The molecule has 0 saturated heterocycles. The smallest absolute Gasteiger partial charge is 0.264 e. The first-order valence-electron chi connectivity index (χ1n) is 11.9. The molecule has 3 aromatic rings. The minimum atomic E-state index is -4.29. The van der Waals surface area contributed by atoms with E-state index in [2.05, 4.69) is 5.32 Å². The van der Waals surface area contributed by atoms with Gasteiger partial charge in [-0.05, 0) is 57.2 Å². The van der Waals surface area contributed by atoms with Gasteiger partial charge in [-0.1, -0.05) is 76.2 Å².